The van der Waals surface area contributed by atoms with Crippen LogP contribution in [0.4, 0.5) is 0 Å². The summed E-state index contributed by atoms with van der Waals surface area (Å²) in [5.74, 6) is -0.652. The Morgan fingerprint density at radius 2 is 1.96 bits per heavy atom. The first-order valence-electron chi connectivity index (χ1n) is 6.98. The minimum atomic E-state index is -3.43. The lowest BCUT2D eigenvalue weighted by Gasteiger charge is -2.07. The standard InChI is InChI=1S/C17H13ClO4S2/c1-24(20,21)12-6-7-15(18)14(8-12)17(19)22-9-11-10-23-16-5-3-2-4-13(11)16/h2-8,10H,9H2,1H3. The molecule has 0 fully saturated rings. The molecule has 0 saturated heterocycles. The number of thiophene rings is 1. The number of ether oxygens (including phenoxy) is 1. The summed E-state index contributed by atoms with van der Waals surface area (Å²) in [4.78, 5) is 12.3. The molecule has 0 radical (unpaired) electrons. The number of carbonyl (C=O) groups is 1. The molecule has 0 spiro atoms. The van der Waals surface area contributed by atoms with Crippen molar-refractivity contribution < 1.29 is 17.9 Å². The molecule has 24 heavy (non-hydrogen) atoms. The van der Waals surface area contributed by atoms with Crippen LogP contribution in [0.1, 0.15) is 15.9 Å². The van der Waals surface area contributed by atoms with E-state index in [4.69, 9.17) is 16.3 Å². The highest BCUT2D eigenvalue weighted by molar-refractivity contribution is 7.90. The fourth-order valence-electron chi connectivity index (χ4n) is 2.26. The fraction of sp³-hybridized carbons (Fsp3) is 0.118. The number of hydrogen-bond acceptors (Lipinski definition) is 5. The Kier molecular flexibility index (Phi) is 4.62. The molecule has 4 nitrogen and oxygen atoms in total. The molecule has 0 N–H and O–H groups in total. The van der Waals surface area contributed by atoms with E-state index in [0.717, 1.165) is 21.9 Å². The van der Waals surface area contributed by atoms with Gasteiger partial charge in [-0.05, 0) is 35.0 Å². The number of esters is 1. The zero-order chi connectivity index (χ0) is 17.3. The fourth-order valence-corrected chi connectivity index (χ4v) is 4.05. The first-order valence-corrected chi connectivity index (χ1v) is 10.1. The van der Waals surface area contributed by atoms with E-state index in [0.29, 0.717) is 0 Å². The molecule has 7 heteroatoms. The Balaban J connectivity index is 1.83. The molecule has 3 rings (SSSR count). The SMILES string of the molecule is CS(=O)(=O)c1ccc(Cl)c(C(=O)OCc2csc3ccccc23)c1. The minimum Gasteiger partial charge on any atom is -0.457 e. The normalized spacial score (nSPS) is 11.6. The highest BCUT2D eigenvalue weighted by Crippen LogP contribution is 2.27. The van der Waals surface area contributed by atoms with Crippen LogP contribution in [0.25, 0.3) is 10.1 Å². The third-order valence-corrected chi connectivity index (χ3v) is 5.96. The number of sulfone groups is 1. The smallest absolute Gasteiger partial charge is 0.340 e. The van der Waals surface area contributed by atoms with Crippen LogP contribution >= 0.6 is 22.9 Å². The predicted octanol–water partition coefficient (Wildman–Crippen LogP) is 4.32. The van der Waals surface area contributed by atoms with E-state index in [1.165, 1.54) is 18.2 Å². The van der Waals surface area contributed by atoms with Gasteiger partial charge in [0.1, 0.15) is 6.61 Å². The van der Waals surface area contributed by atoms with E-state index < -0.39 is 15.8 Å². The molecule has 0 unspecified atom stereocenters. The molecule has 3 aromatic rings. The average molecular weight is 381 g/mol. The average Bonchev–Trinajstić information content (AvgIpc) is 2.95. The second-order valence-corrected chi connectivity index (χ2v) is 8.58. The second-order valence-electron chi connectivity index (χ2n) is 5.25. The van der Waals surface area contributed by atoms with Gasteiger partial charge in [0, 0.05) is 16.5 Å². The zero-order valence-corrected chi connectivity index (χ0v) is 15.0. The zero-order valence-electron chi connectivity index (χ0n) is 12.7. The van der Waals surface area contributed by atoms with Crippen molar-refractivity contribution in [3.63, 3.8) is 0 Å². The minimum absolute atomic E-state index is 0.0276. The van der Waals surface area contributed by atoms with Gasteiger partial charge in [-0.15, -0.1) is 11.3 Å². The molecule has 2 aromatic carbocycles. The summed E-state index contributed by atoms with van der Waals surface area (Å²) in [6.07, 6.45) is 1.07. The predicted molar refractivity (Wildman–Crippen MR) is 95.5 cm³/mol. The van der Waals surface area contributed by atoms with Gasteiger partial charge in [0.05, 0.1) is 15.5 Å². The monoisotopic (exact) mass is 380 g/mol. The van der Waals surface area contributed by atoms with Crippen LogP contribution in [-0.2, 0) is 21.2 Å². The molecule has 1 heterocycles. The highest BCUT2D eigenvalue weighted by Gasteiger charge is 2.17. The van der Waals surface area contributed by atoms with Gasteiger partial charge < -0.3 is 4.74 Å². The Morgan fingerprint density at radius 3 is 2.71 bits per heavy atom. The topological polar surface area (TPSA) is 60.4 Å². The number of benzene rings is 2. The first-order chi connectivity index (χ1) is 11.4. The maximum atomic E-state index is 12.3. The lowest BCUT2D eigenvalue weighted by Crippen LogP contribution is -2.08. The maximum absolute atomic E-state index is 12.3. The lowest BCUT2D eigenvalue weighted by atomic mass is 10.2. The van der Waals surface area contributed by atoms with Crippen molar-refractivity contribution >= 4 is 48.8 Å². The van der Waals surface area contributed by atoms with Crippen molar-refractivity contribution in [1.29, 1.82) is 0 Å². The molecular weight excluding hydrogens is 368 g/mol. The lowest BCUT2D eigenvalue weighted by molar-refractivity contribution is 0.0474. The Morgan fingerprint density at radius 1 is 1.21 bits per heavy atom. The van der Waals surface area contributed by atoms with Gasteiger partial charge >= 0.3 is 5.97 Å². The van der Waals surface area contributed by atoms with Crippen LogP contribution in [0, 0.1) is 0 Å². The quantitative estimate of drug-likeness (QED) is 0.632. The Labute approximate surface area is 148 Å². The molecule has 0 bridgehead atoms. The molecule has 1 aromatic heterocycles. The molecule has 0 aliphatic heterocycles. The third kappa shape index (κ3) is 3.45. The van der Waals surface area contributed by atoms with Gasteiger partial charge in [0.2, 0.25) is 0 Å². The summed E-state index contributed by atoms with van der Waals surface area (Å²) in [6, 6.07) is 11.8. The highest BCUT2D eigenvalue weighted by atomic mass is 35.5. The van der Waals surface area contributed by atoms with Gasteiger partial charge in [0.25, 0.3) is 0 Å². The van der Waals surface area contributed by atoms with Gasteiger partial charge in [-0.3, -0.25) is 0 Å². The number of halogens is 1. The van der Waals surface area contributed by atoms with Crippen LogP contribution in [0.5, 0.6) is 0 Å². The van der Waals surface area contributed by atoms with Crippen LogP contribution < -0.4 is 0 Å². The molecule has 0 aliphatic rings. The number of carbonyl (C=O) groups excluding carboxylic acids is 1. The van der Waals surface area contributed by atoms with Crippen LogP contribution in [0.2, 0.25) is 5.02 Å². The van der Waals surface area contributed by atoms with Crippen molar-refractivity contribution in [1.82, 2.24) is 0 Å². The molecule has 0 aliphatic carbocycles. The van der Waals surface area contributed by atoms with Crippen molar-refractivity contribution in [2.45, 2.75) is 11.5 Å². The van der Waals surface area contributed by atoms with E-state index in [-0.39, 0.29) is 22.1 Å². The van der Waals surface area contributed by atoms with Gasteiger partial charge in [0.15, 0.2) is 9.84 Å². The molecule has 0 atom stereocenters. The number of rotatable bonds is 4. The largest absolute Gasteiger partial charge is 0.457 e. The Bertz CT molecular complexity index is 1020. The van der Waals surface area contributed by atoms with Gasteiger partial charge in [-0.1, -0.05) is 29.8 Å². The van der Waals surface area contributed by atoms with E-state index in [2.05, 4.69) is 0 Å². The van der Waals surface area contributed by atoms with Gasteiger partial charge in [-0.25, -0.2) is 13.2 Å². The van der Waals surface area contributed by atoms with Crippen LogP contribution in [-0.4, -0.2) is 20.6 Å². The van der Waals surface area contributed by atoms with Crippen molar-refractivity contribution in [3.05, 3.63) is 64.0 Å². The second kappa shape index (κ2) is 6.55. The summed E-state index contributed by atoms with van der Waals surface area (Å²) in [5, 5.41) is 3.13. The van der Waals surface area contributed by atoms with E-state index >= 15 is 0 Å². The summed E-state index contributed by atoms with van der Waals surface area (Å²) in [7, 11) is -3.43. The van der Waals surface area contributed by atoms with E-state index in [9.17, 15) is 13.2 Å². The Hall–Kier alpha value is -1.89. The van der Waals surface area contributed by atoms with Crippen LogP contribution in [0.15, 0.2) is 52.7 Å². The molecular formula is C17H13ClO4S2. The first kappa shape index (κ1) is 17.0. The molecule has 0 saturated carbocycles. The number of fused-ring (bicyclic) bond motifs is 1. The van der Waals surface area contributed by atoms with Crippen molar-refractivity contribution in [3.8, 4) is 0 Å². The van der Waals surface area contributed by atoms with Crippen LogP contribution in [0.3, 0.4) is 0 Å². The summed E-state index contributed by atoms with van der Waals surface area (Å²) in [6.45, 7) is 0.0995. The molecule has 0 amide bonds. The van der Waals surface area contributed by atoms with E-state index in [1.807, 2.05) is 29.6 Å². The summed E-state index contributed by atoms with van der Waals surface area (Å²) < 4.78 is 29.7. The number of hydrogen-bond donors (Lipinski definition) is 0. The third-order valence-electron chi connectivity index (χ3n) is 3.51. The van der Waals surface area contributed by atoms with Crippen molar-refractivity contribution in [2.24, 2.45) is 0 Å². The van der Waals surface area contributed by atoms with Gasteiger partial charge in [-0.2, -0.15) is 0 Å². The maximum Gasteiger partial charge on any atom is 0.340 e. The summed E-state index contributed by atoms with van der Waals surface area (Å²) >= 11 is 7.58. The molecule has 124 valence electrons. The van der Waals surface area contributed by atoms with Crippen molar-refractivity contribution in [2.75, 3.05) is 6.26 Å². The summed E-state index contributed by atoms with van der Waals surface area (Å²) in [5.41, 5.74) is 0.943. The van der Waals surface area contributed by atoms with E-state index in [1.54, 1.807) is 11.3 Å².